The van der Waals surface area contributed by atoms with Gasteiger partial charge in [-0.3, -0.25) is 9.69 Å². The molecule has 1 saturated heterocycles. The zero-order valence-electron chi connectivity index (χ0n) is 25.4. The predicted molar refractivity (Wildman–Crippen MR) is 162 cm³/mol. The van der Waals surface area contributed by atoms with Crippen LogP contribution in [0.1, 0.15) is 82.1 Å². The average Bonchev–Trinajstić information content (AvgIpc) is 3.30. The molecule has 7 heteroatoms. The molecule has 0 N–H and O–H groups in total. The lowest BCUT2D eigenvalue weighted by Crippen LogP contribution is -2.49. The molecule has 4 rings (SSSR count). The Bertz CT molecular complexity index is 1270. The SMILES string of the molecule is CCCN(Cc1c(CC)nn(-c2ccc(F)cc2)c1N1CCN(C(C)C)CC1)C(=O)c1ccc(C(C)(C)C)cc1. The van der Waals surface area contributed by atoms with Gasteiger partial charge in [0.05, 0.1) is 17.9 Å². The molecule has 2 heterocycles. The van der Waals surface area contributed by atoms with Crippen LogP contribution in [0.25, 0.3) is 5.69 Å². The van der Waals surface area contributed by atoms with Gasteiger partial charge >= 0.3 is 0 Å². The maximum Gasteiger partial charge on any atom is 0.254 e. The zero-order valence-corrected chi connectivity index (χ0v) is 25.4. The Balaban J connectivity index is 1.73. The van der Waals surface area contributed by atoms with Crippen LogP contribution >= 0.6 is 0 Å². The van der Waals surface area contributed by atoms with Crippen molar-refractivity contribution in [3.8, 4) is 5.69 Å². The molecule has 3 aromatic rings. The summed E-state index contributed by atoms with van der Waals surface area (Å²) in [6.45, 7) is 20.1. The van der Waals surface area contributed by atoms with Crippen molar-refractivity contribution in [2.24, 2.45) is 0 Å². The standard InChI is InChI=1S/C33H46FN5O/c1-8-18-38(32(40)25-10-12-26(13-11-25)33(5,6)7)23-29-30(9-2)35-39(28-16-14-27(34)15-17-28)31(29)37-21-19-36(20-22-37)24(3)4/h10-17,24H,8-9,18-23H2,1-7H3. The van der Waals surface area contributed by atoms with Gasteiger partial charge in [-0.25, -0.2) is 9.07 Å². The van der Waals surface area contributed by atoms with Crippen LogP contribution in [0, 0.1) is 5.82 Å². The molecular weight excluding hydrogens is 501 g/mol. The summed E-state index contributed by atoms with van der Waals surface area (Å²) in [7, 11) is 0. The third-order valence-corrected chi connectivity index (χ3v) is 7.92. The summed E-state index contributed by atoms with van der Waals surface area (Å²) in [5.41, 5.74) is 4.83. The molecule has 0 aliphatic carbocycles. The van der Waals surface area contributed by atoms with Crippen LogP contribution in [0.5, 0.6) is 0 Å². The van der Waals surface area contributed by atoms with E-state index < -0.39 is 0 Å². The number of aromatic nitrogens is 2. The van der Waals surface area contributed by atoms with E-state index in [4.69, 9.17) is 5.10 Å². The highest BCUT2D eigenvalue weighted by molar-refractivity contribution is 5.94. The number of amides is 1. The van der Waals surface area contributed by atoms with E-state index in [0.717, 1.165) is 61.8 Å². The quantitative estimate of drug-likeness (QED) is 0.309. The van der Waals surface area contributed by atoms with Crippen molar-refractivity contribution >= 4 is 11.7 Å². The second kappa shape index (κ2) is 12.5. The highest BCUT2D eigenvalue weighted by atomic mass is 19.1. The number of hydrogen-bond donors (Lipinski definition) is 0. The predicted octanol–water partition coefficient (Wildman–Crippen LogP) is 6.45. The Morgan fingerprint density at radius 1 is 0.975 bits per heavy atom. The van der Waals surface area contributed by atoms with Crippen molar-refractivity contribution in [2.75, 3.05) is 37.6 Å². The van der Waals surface area contributed by atoms with Crippen LogP contribution < -0.4 is 4.90 Å². The number of benzene rings is 2. The summed E-state index contributed by atoms with van der Waals surface area (Å²) in [5, 5.41) is 5.04. The number of nitrogens with zero attached hydrogens (tertiary/aromatic N) is 5. The largest absolute Gasteiger partial charge is 0.354 e. The van der Waals surface area contributed by atoms with Gasteiger partial charge in [-0.2, -0.15) is 5.10 Å². The zero-order chi connectivity index (χ0) is 29.0. The van der Waals surface area contributed by atoms with Crippen molar-refractivity contribution in [1.29, 1.82) is 0 Å². The first-order valence-electron chi connectivity index (χ1n) is 14.8. The molecule has 6 nitrogen and oxygen atoms in total. The molecule has 1 amide bonds. The van der Waals surface area contributed by atoms with Gasteiger partial charge < -0.3 is 9.80 Å². The third kappa shape index (κ3) is 6.57. The fourth-order valence-corrected chi connectivity index (χ4v) is 5.48. The summed E-state index contributed by atoms with van der Waals surface area (Å²) < 4.78 is 15.8. The van der Waals surface area contributed by atoms with Gasteiger partial charge in [0.25, 0.3) is 5.91 Å². The molecule has 1 fully saturated rings. The number of halogens is 1. The number of hydrogen-bond acceptors (Lipinski definition) is 4. The summed E-state index contributed by atoms with van der Waals surface area (Å²) in [6, 6.07) is 15.1. The van der Waals surface area contributed by atoms with E-state index in [-0.39, 0.29) is 17.1 Å². The van der Waals surface area contributed by atoms with Crippen LogP contribution in [-0.4, -0.2) is 64.3 Å². The van der Waals surface area contributed by atoms with E-state index in [1.165, 1.54) is 17.7 Å². The molecular formula is C33H46FN5O. The third-order valence-electron chi connectivity index (χ3n) is 7.92. The fourth-order valence-electron chi connectivity index (χ4n) is 5.48. The topological polar surface area (TPSA) is 44.6 Å². The van der Waals surface area contributed by atoms with Crippen molar-refractivity contribution < 1.29 is 9.18 Å². The maximum atomic E-state index is 13.9. The van der Waals surface area contributed by atoms with Crippen LogP contribution in [-0.2, 0) is 18.4 Å². The second-order valence-electron chi connectivity index (χ2n) is 12.2. The van der Waals surface area contributed by atoms with E-state index in [9.17, 15) is 9.18 Å². The minimum Gasteiger partial charge on any atom is -0.354 e. The first-order chi connectivity index (χ1) is 19.0. The summed E-state index contributed by atoms with van der Waals surface area (Å²) in [4.78, 5) is 20.7. The Labute approximate surface area is 239 Å². The van der Waals surface area contributed by atoms with Gasteiger partial charge in [0, 0.05) is 49.9 Å². The molecule has 0 radical (unpaired) electrons. The minimum absolute atomic E-state index is 0.0319. The Hall–Kier alpha value is -3.19. The lowest BCUT2D eigenvalue weighted by atomic mass is 9.86. The van der Waals surface area contributed by atoms with Crippen molar-refractivity contribution in [1.82, 2.24) is 19.6 Å². The summed E-state index contributed by atoms with van der Waals surface area (Å²) in [5.74, 6) is 0.787. The van der Waals surface area contributed by atoms with Crippen molar-refractivity contribution in [2.45, 2.75) is 79.3 Å². The molecule has 1 aliphatic heterocycles. The van der Waals surface area contributed by atoms with Crippen molar-refractivity contribution in [3.05, 3.63) is 76.7 Å². The van der Waals surface area contributed by atoms with Crippen LogP contribution in [0.2, 0.25) is 0 Å². The summed E-state index contributed by atoms with van der Waals surface area (Å²) >= 11 is 0. The van der Waals surface area contributed by atoms with E-state index in [2.05, 4.69) is 70.4 Å². The van der Waals surface area contributed by atoms with Crippen molar-refractivity contribution in [3.63, 3.8) is 0 Å². The molecule has 2 aromatic carbocycles. The highest BCUT2D eigenvalue weighted by Crippen LogP contribution is 2.31. The first-order valence-corrected chi connectivity index (χ1v) is 14.8. The average molecular weight is 548 g/mol. The maximum absolute atomic E-state index is 13.9. The van der Waals surface area contributed by atoms with Crippen LogP contribution in [0.3, 0.4) is 0 Å². The number of carbonyl (C=O) groups is 1. The molecule has 0 spiro atoms. The van der Waals surface area contributed by atoms with Crippen LogP contribution in [0.4, 0.5) is 10.2 Å². The normalized spacial score (nSPS) is 14.7. The second-order valence-corrected chi connectivity index (χ2v) is 12.2. The van der Waals surface area contributed by atoms with E-state index in [0.29, 0.717) is 24.7 Å². The lowest BCUT2D eigenvalue weighted by molar-refractivity contribution is 0.0743. The smallest absolute Gasteiger partial charge is 0.254 e. The fraction of sp³-hybridized carbons (Fsp3) is 0.515. The molecule has 216 valence electrons. The number of carbonyl (C=O) groups excluding carboxylic acids is 1. The molecule has 0 unspecified atom stereocenters. The molecule has 0 bridgehead atoms. The van der Waals surface area contributed by atoms with Crippen LogP contribution in [0.15, 0.2) is 48.5 Å². The highest BCUT2D eigenvalue weighted by Gasteiger charge is 2.29. The minimum atomic E-state index is -0.267. The van der Waals surface area contributed by atoms with Gasteiger partial charge in [0.2, 0.25) is 0 Å². The van der Waals surface area contributed by atoms with Gasteiger partial charge in [-0.1, -0.05) is 46.8 Å². The Morgan fingerprint density at radius 2 is 1.60 bits per heavy atom. The van der Waals surface area contributed by atoms with Gasteiger partial charge in [-0.15, -0.1) is 0 Å². The lowest BCUT2D eigenvalue weighted by Gasteiger charge is -2.38. The van der Waals surface area contributed by atoms with E-state index >= 15 is 0 Å². The molecule has 0 saturated carbocycles. The summed E-state index contributed by atoms with van der Waals surface area (Å²) in [6.07, 6.45) is 1.61. The molecule has 1 aromatic heterocycles. The number of piperazine rings is 1. The molecule has 1 aliphatic rings. The van der Waals surface area contributed by atoms with Gasteiger partial charge in [0.1, 0.15) is 11.6 Å². The number of anilines is 1. The van der Waals surface area contributed by atoms with E-state index in [1.807, 2.05) is 21.7 Å². The number of aryl methyl sites for hydroxylation is 1. The molecule has 40 heavy (non-hydrogen) atoms. The number of rotatable bonds is 9. The Morgan fingerprint density at radius 3 is 2.12 bits per heavy atom. The first kappa shape index (κ1) is 29.8. The molecule has 0 atom stereocenters. The van der Waals surface area contributed by atoms with Gasteiger partial charge in [-0.05, 0) is 74.1 Å². The van der Waals surface area contributed by atoms with Gasteiger partial charge in [0.15, 0.2) is 0 Å². The monoisotopic (exact) mass is 547 g/mol. The Kier molecular flexibility index (Phi) is 9.34. The van der Waals surface area contributed by atoms with E-state index in [1.54, 1.807) is 12.1 Å².